The number of benzene rings is 1. The van der Waals surface area contributed by atoms with E-state index in [4.69, 9.17) is 4.74 Å². The first-order chi connectivity index (χ1) is 13.7. The highest BCUT2D eigenvalue weighted by Crippen LogP contribution is 2.22. The van der Waals surface area contributed by atoms with Crippen LogP contribution in [0.2, 0.25) is 0 Å². The van der Waals surface area contributed by atoms with Crippen LogP contribution in [0.1, 0.15) is 23.2 Å². The molecule has 0 aliphatic carbocycles. The summed E-state index contributed by atoms with van der Waals surface area (Å²) in [6.07, 6.45) is 4.30. The summed E-state index contributed by atoms with van der Waals surface area (Å²) in [5.41, 5.74) is 1.95. The van der Waals surface area contributed by atoms with E-state index >= 15 is 0 Å². The van der Waals surface area contributed by atoms with E-state index < -0.39 is 0 Å². The lowest BCUT2D eigenvalue weighted by Gasteiger charge is -2.35. The summed E-state index contributed by atoms with van der Waals surface area (Å²) in [7, 11) is 1.79. The maximum Gasteiger partial charge on any atom is 0.253 e. The number of rotatable bonds is 4. The molecule has 2 aliphatic rings. The Hall–Kier alpha value is -2.60. The van der Waals surface area contributed by atoms with E-state index in [1.807, 2.05) is 41.4 Å². The first kappa shape index (κ1) is 18.7. The summed E-state index contributed by atoms with van der Waals surface area (Å²) in [4.78, 5) is 23.8. The minimum Gasteiger partial charge on any atom is -0.381 e. The third kappa shape index (κ3) is 4.12. The summed E-state index contributed by atoms with van der Waals surface area (Å²) in [5.74, 6) is 1.10. The van der Waals surface area contributed by atoms with E-state index in [1.54, 1.807) is 7.11 Å². The molecule has 1 amide bonds. The number of anilines is 2. The van der Waals surface area contributed by atoms with Gasteiger partial charge in [0, 0.05) is 63.8 Å². The van der Waals surface area contributed by atoms with Crippen LogP contribution >= 0.6 is 0 Å². The number of nitrogens with zero attached hydrogens (tertiary/aromatic N) is 4. The fourth-order valence-electron chi connectivity index (χ4n) is 4.03. The minimum absolute atomic E-state index is 0.116. The molecule has 0 N–H and O–H groups in total. The van der Waals surface area contributed by atoms with Crippen LogP contribution in [0.3, 0.4) is 0 Å². The number of carbonyl (C=O) groups excluding carboxylic acids is 1. The van der Waals surface area contributed by atoms with Gasteiger partial charge in [-0.15, -0.1) is 0 Å². The molecule has 0 radical (unpaired) electrons. The molecule has 28 heavy (non-hydrogen) atoms. The quantitative estimate of drug-likeness (QED) is 0.816. The number of ether oxygens (including phenoxy) is 1. The standard InChI is InChI=1S/C22H28N4O2/c1-28-20-9-12-24(13-10-20)19-7-5-18(6-8-19)22(27)26-16-14-25(15-17-26)21-4-2-3-11-23-21/h2-8,11,20H,9-10,12-17H2,1H3. The molecule has 2 aliphatic heterocycles. The van der Waals surface area contributed by atoms with Gasteiger partial charge >= 0.3 is 0 Å². The van der Waals surface area contributed by atoms with Gasteiger partial charge in [0.15, 0.2) is 0 Å². The normalized spacial score (nSPS) is 18.4. The molecule has 1 aromatic heterocycles. The van der Waals surface area contributed by atoms with E-state index in [9.17, 15) is 4.79 Å². The maximum absolute atomic E-state index is 12.9. The molecule has 0 atom stereocenters. The molecule has 4 rings (SSSR count). The van der Waals surface area contributed by atoms with Gasteiger partial charge in [-0.2, -0.15) is 0 Å². The van der Waals surface area contributed by atoms with Gasteiger partial charge in [-0.3, -0.25) is 4.79 Å². The third-order valence-electron chi connectivity index (χ3n) is 5.79. The zero-order valence-electron chi connectivity index (χ0n) is 16.5. The Morgan fingerprint density at radius 3 is 2.25 bits per heavy atom. The van der Waals surface area contributed by atoms with Crippen molar-refractivity contribution in [1.82, 2.24) is 9.88 Å². The summed E-state index contributed by atoms with van der Waals surface area (Å²) < 4.78 is 5.44. The first-order valence-electron chi connectivity index (χ1n) is 10.1. The molecule has 0 unspecified atom stereocenters. The average Bonchev–Trinajstić information content (AvgIpc) is 2.79. The molecule has 0 spiro atoms. The van der Waals surface area contributed by atoms with E-state index in [2.05, 4.69) is 26.9 Å². The minimum atomic E-state index is 0.116. The highest BCUT2D eigenvalue weighted by molar-refractivity contribution is 5.94. The molecule has 0 bridgehead atoms. The van der Waals surface area contributed by atoms with Crippen molar-refractivity contribution in [2.75, 3.05) is 56.2 Å². The smallest absolute Gasteiger partial charge is 0.253 e. The van der Waals surface area contributed by atoms with Gasteiger partial charge in [0.05, 0.1) is 6.10 Å². The zero-order valence-corrected chi connectivity index (χ0v) is 16.5. The number of pyridine rings is 1. The van der Waals surface area contributed by atoms with Crippen molar-refractivity contribution in [3.8, 4) is 0 Å². The maximum atomic E-state index is 12.9. The molecule has 6 nitrogen and oxygen atoms in total. The molecule has 0 saturated carbocycles. The number of piperidine rings is 1. The lowest BCUT2D eigenvalue weighted by atomic mass is 10.1. The van der Waals surface area contributed by atoms with Gasteiger partial charge in [0.1, 0.15) is 5.82 Å². The number of aromatic nitrogens is 1. The lowest BCUT2D eigenvalue weighted by Crippen LogP contribution is -2.49. The summed E-state index contributed by atoms with van der Waals surface area (Å²) in [6, 6.07) is 14.0. The van der Waals surface area contributed by atoms with Gasteiger partial charge in [-0.25, -0.2) is 4.98 Å². The van der Waals surface area contributed by atoms with Crippen LogP contribution in [-0.2, 0) is 4.74 Å². The summed E-state index contributed by atoms with van der Waals surface area (Å²) in [5, 5.41) is 0. The van der Waals surface area contributed by atoms with E-state index in [0.717, 1.165) is 63.5 Å². The van der Waals surface area contributed by atoms with Gasteiger partial charge in [-0.1, -0.05) is 6.07 Å². The van der Waals surface area contributed by atoms with Crippen LogP contribution in [0, 0.1) is 0 Å². The molecule has 2 fully saturated rings. The van der Waals surface area contributed by atoms with Crippen LogP contribution in [-0.4, -0.2) is 68.3 Å². The predicted molar refractivity (Wildman–Crippen MR) is 111 cm³/mol. The van der Waals surface area contributed by atoms with Crippen molar-refractivity contribution in [2.24, 2.45) is 0 Å². The Morgan fingerprint density at radius 2 is 1.64 bits per heavy atom. The second kappa shape index (κ2) is 8.61. The van der Waals surface area contributed by atoms with Gasteiger partial charge in [0.2, 0.25) is 0 Å². The van der Waals surface area contributed by atoms with Crippen molar-refractivity contribution in [3.05, 3.63) is 54.2 Å². The number of hydrogen-bond donors (Lipinski definition) is 0. The number of hydrogen-bond acceptors (Lipinski definition) is 5. The Kier molecular flexibility index (Phi) is 5.76. The summed E-state index contributed by atoms with van der Waals surface area (Å²) >= 11 is 0. The van der Waals surface area contributed by atoms with Crippen molar-refractivity contribution < 1.29 is 9.53 Å². The Balaban J connectivity index is 1.33. The highest BCUT2D eigenvalue weighted by atomic mass is 16.5. The predicted octanol–water partition coefficient (Wildman–Crippen LogP) is 2.66. The van der Waals surface area contributed by atoms with Gasteiger partial charge < -0.3 is 19.4 Å². The van der Waals surface area contributed by atoms with E-state index in [-0.39, 0.29) is 5.91 Å². The second-order valence-electron chi connectivity index (χ2n) is 7.44. The Labute approximate surface area is 166 Å². The van der Waals surface area contributed by atoms with Crippen LogP contribution < -0.4 is 9.80 Å². The highest BCUT2D eigenvalue weighted by Gasteiger charge is 2.23. The molecular weight excluding hydrogens is 352 g/mol. The Bertz CT molecular complexity index is 765. The van der Waals surface area contributed by atoms with Crippen molar-refractivity contribution >= 4 is 17.4 Å². The molecule has 2 aromatic rings. The zero-order chi connectivity index (χ0) is 19.3. The fraction of sp³-hybridized carbons (Fsp3) is 0.455. The van der Waals surface area contributed by atoms with Crippen LogP contribution in [0.4, 0.5) is 11.5 Å². The molecule has 6 heteroatoms. The molecule has 148 valence electrons. The van der Waals surface area contributed by atoms with Crippen molar-refractivity contribution in [1.29, 1.82) is 0 Å². The van der Waals surface area contributed by atoms with Gasteiger partial charge in [0.25, 0.3) is 5.91 Å². The fourth-order valence-corrected chi connectivity index (χ4v) is 4.03. The van der Waals surface area contributed by atoms with E-state index in [1.165, 1.54) is 5.69 Å². The average molecular weight is 380 g/mol. The largest absolute Gasteiger partial charge is 0.381 e. The summed E-state index contributed by atoms with van der Waals surface area (Å²) in [6.45, 7) is 5.08. The monoisotopic (exact) mass is 380 g/mol. The van der Waals surface area contributed by atoms with Crippen molar-refractivity contribution in [2.45, 2.75) is 18.9 Å². The van der Waals surface area contributed by atoms with E-state index in [0.29, 0.717) is 6.10 Å². The second-order valence-corrected chi connectivity index (χ2v) is 7.44. The van der Waals surface area contributed by atoms with Crippen LogP contribution in [0.5, 0.6) is 0 Å². The van der Waals surface area contributed by atoms with Crippen LogP contribution in [0.15, 0.2) is 48.7 Å². The molecule has 2 saturated heterocycles. The first-order valence-corrected chi connectivity index (χ1v) is 10.1. The number of amides is 1. The molecule has 1 aromatic carbocycles. The topological polar surface area (TPSA) is 48.9 Å². The number of piperazine rings is 1. The third-order valence-corrected chi connectivity index (χ3v) is 5.79. The van der Waals surface area contributed by atoms with Crippen molar-refractivity contribution in [3.63, 3.8) is 0 Å². The Morgan fingerprint density at radius 1 is 0.929 bits per heavy atom. The SMILES string of the molecule is COC1CCN(c2ccc(C(=O)N3CCN(c4ccccn4)CC3)cc2)CC1. The van der Waals surface area contributed by atoms with Gasteiger partial charge in [-0.05, 0) is 49.2 Å². The molecular formula is C22H28N4O2. The molecule has 3 heterocycles. The number of carbonyl (C=O) groups is 1. The van der Waals surface area contributed by atoms with Crippen LogP contribution in [0.25, 0.3) is 0 Å². The lowest BCUT2D eigenvalue weighted by molar-refractivity contribution is 0.0746. The number of methoxy groups -OCH3 is 1.